The van der Waals surface area contributed by atoms with Crippen LogP contribution in [0.15, 0.2) is 47.3 Å². The molecule has 1 atom stereocenters. The summed E-state index contributed by atoms with van der Waals surface area (Å²) in [5, 5.41) is 3.30. The van der Waals surface area contributed by atoms with Gasteiger partial charge in [0.05, 0.1) is 17.0 Å². The van der Waals surface area contributed by atoms with Crippen molar-refractivity contribution in [2.24, 2.45) is 0 Å². The maximum atomic E-state index is 13.4. The molecule has 0 spiro atoms. The van der Waals surface area contributed by atoms with Crippen LogP contribution in [-0.4, -0.2) is 51.9 Å². The molecule has 10 heteroatoms. The molecule has 2 aliphatic heterocycles. The van der Waals surface area contributed by atoms with Gasteiger partial charge in [-0.25, -0.2) is 0 Å². The Bertz CT molecular complexity index is 1630. The van der Waals surface area contributed by atoms with Crippen LogP contribution in [0, 0.1) is 3.95 Å². The van der Waals surface area contributed by atoms with E-state index in [1.165, 1.54) is 5.56 Å². The second kappa shape index (κ2) is 9.27. The van der Waals surface area contributed by atoms with Gasteiger partial charge in [0.1, 0.15) is 10.5 Å². The number of nitrogens with one attached hydrogen (secondary N) is 2. The van der Waals surface area contributed by atoms with Gasteiger partial charge >= 0.3 is 0 Å². The van der Waals surface area contributed by atoms with E-state index in [0.29, 0.717) is 57.2 Å². The second-order valence-electron chi connectivity index (χ2n) is 9.16. The minimum absolute atomic E-state index is 0.00556. The van der Waals surface area contributed by atoms with Crippen LogP contribution >= 0.6 is 23.6 Å². The Morgan fingerprint density at radius 2 is 2.03 bits per heavy atom. The first-order valence-electron chi connectivity index (χ1n) is 12.0. The number of nitrogens with zero attached hydrogens (tertiary/aromatic N) is 2. The van der Waals surface area contributed by atoms with Crippen LogP contribution in [-0.2, 0) is 17.7 Å². The summed E-state index contributed by atoms with van der Waals surface area (Å²) < 4.78 is 7.68. The van der Waals surface area contributed by atoms with Crippen molar-refractivity contribution in [1.29, 1.82) is 0 Å². The number of thiazole rings is 1. The van der Waals surface area contributed by atoms with Gasteiger partial charge in [-0.2, -0.15) is 0 Å². The number of carbonyl (C=O) groups excluding carboxylic acids is 2. The molecule has 0 aliphatic carbocycles. The highest BCUT2D eigenvalue weighted by molar-refractivity contribution is 7.73. The molecule has 1 fully saturated rings. The minimum atomic E-state index is -0.336. The molecule has 2 N–H and O–H groups in total. The van der Waals surface area contributed by atoms with Gasteiger partial charge in [-0.1, -0.05) is 35.6 Å². The summed E-state index contributed by atoms with van der Waals surface area (Å²) in [7, 11) is 0. The lowest BCUT2D eigenvalue weighted by Crippen LogP contribution is -2.36. The summed E-state index contributed by atoms with van der Waals surface area (Å²) in [4.78, 5) is 44.3. The fourth-order valence-corrected chi connectivity index (χ4v) is 6.32. The van der Waals surface area contributed by atoms with Crippen molar-refractivity contribution in [2.45, 2.75) is 31.9 Å². The van der Waals surface area contributed by atoms with Gasteiger partial charge in [0.25, 0.3) is 17.4 Å². The Morgan fingerprint density at radius 1 is 1.19 bits per heavy atom. The molecule has 4 aromatic rings. The zero-order chi connectivity index (χ0) is 24.8. The van der Waals surface area contributed by atoms with Gasteiger partial charge in [-0.3, -0.25) is 18.8 Å². The molecule has 1 saturated heterocycles. The SMILES string of the molecule is O=C(NCC1CCCO1)c1sc(=S)n2c1[nH]c(=O)c1ccc(C(=O)N3CCc4ccccc4C3)cc12. The third kappa shape index (κ3) is 4.04. The molecule has 2 amide bonds. The van der Waals surface area contributed by atoms with Crippen molar-refractivity contribution in [2.75, 3.05) is 19.7 Å². The van der Waals surface area contributed by atoms with E-state index >= 15 is 0 Å². The lowest BCUT2D eigenvalue weighted by Gasteiger charge is -2.29. The van der Waals surface area contributed by atoms with E-state index in [0.717, 1.165) is 36.2 Å². The number of carbonyl (C=O) groups is 2. The first kappa shape index (κ1) is 23.1. The summed E-state index contributed by atoms with van der Waals surface area (Å²) in [6, 6.07) is 13.2. The topological polar surface area (TPSA) is 95.9 Å². The molecular formula is C26H24N4O4S2. The van der Waals surface area contributed by atoms with Crippen LogP contribution in [0.5, 0.6) is 0 Å². The van der Waals surface area contributed by atoms with Crippen LogP contribution in [0.2, 0.25) is 0 Å². The van der Waals surface area contributed by atoms with Crippen molar-refractivity contribution < 1.29 is 14.3 Å². The number of ether oxygens (including phenoxy) is 1. The third-order valence-corrected chi connectivity index (χ3v) is 8.28. The van der Waals surface area contributed by atoms with Crippen molar-refractivity contribution in [3.05, 3.63) is 78.3 Å². The molecule has 2 aromatic carbocycles. The number of fused-ring (bicyclic) bond motifs is 4. The fourth-order valence-electron chi connectivity index (χ4n) is 5.02. The Balaban J connectivity index is 1.36. The highest BCUT2D eigenvalue weighted by Crippen LogP contribution is 2.25. The average Bonchev–Trinajstić information content (AvgIpc) is 3.54. The largest absolute Gasteiger partial charge is 0.376 e. The predicted molar refractivity (Wildman–Crippen MR) is 140 cm³/mol. The maximum absolute atomic E-state index is 13.4. The predicted octanol–water partition coefficient (Wildman–Crippen LogP) is 3.68. The van der Waals surface area contributed by atoms with Gasteiger partial charge in [0.2, 0.25) is 0 Å². The number of rotatable bonds is 4. The van der Waals surface area contributed by atoms with Crippen LogP contribution in [0.1, 0.15) is 44.0 Å². The molecule has 0 bridgehead atoms. The minimum Gasteiger partial charge on any atom is -0.376 e. The zero-order valence-corrected chi connectivity index (χ0v) is 21.0. The Hall–Kier alpha value is -3.34. The summed E-state index contributed by atoms with van der Waals surface area (Å²) in [5.74, 6) is -0.408. The molecule has 2 aliphatic rings. The van der Waals surface area contributed by atoms with Crippen LogP contribution in [0.3, 0.4) is 0 Å². The smallest absolute Gasteiger partial charge is 0.265 e. The van der Waals surface area contributed by atoms with E-state index < -0.39 is 0 Å². The lowest BCUT2D eigenvalue weighted by atomic mass is 9.99. The van der Waals surface area contributed by atoms with Gasteiger partial charge in [0.15, 0.2) is 3.95 Å². The van der Waals surface area contributed by atoms with E-state index in [4.69, 9.17) is 17.0 Å². The normalized spacial score (nSPS) is 17.4. The number of benzene rings is 2. The first-order chi connectivity index (χ1) is 17.5. The molecule has 6 rings (SSSR count). The Morgan fingerprint density at radius 3 is 2.83 bits per heavy atom. The lowest BCUT2D eigenvalue weighted by molar-refractivity contribution is 0.0734. The zero-order valence-electron chi connectivity index (χ0n) is 19.4. The van der Waals surface area contributed by atoms with Gasteiger partial charge in [-0.05, 0) is 60.8 Å². The molecular weight excluding hydrogens is 496 g/mol. The van der Waals surface area contributed by atoms with Crippen molar-refractivity contribution >= 4 is 51.9 Å². The van der Waals surface area contributed by atoms with Crippen molar-refractivity contribution in [3.63, 3.8) is 0 Å². The number of hydrogen-bond acceptors (Lipinski definition) is 6. The maximum Gasteiger partial charge on any atom is 0.265 e. The molecule has 36 heavy (non-hydrogen) atoms. The van der Waals surface area contributed by atoms with Crippen molar-refractivity contribution in [3.8, 4) is 0 Å². The number of aromatic amines is 1. The monoisotopic (exact) mass is 520 g/mol. The number of H-pyrrole nitrogens is 1. The van der Waals surface area contributed by atoms with E-state index in [1.54, 1.807) is 22.6 Å². The molecule has 0 saturated carbocycles. The third-order valence-electron chi connectivity index (χ3n) is 6.91. The molecule has 1 unspecified atom stereocenters. The summed E-state index contributed by atoms with van der Waals surface area (Å²) in [6.07, 6.45) is 2.71. The average molecular weight is 521 g/mol. The quantitative estimate of drug-likeness (QED) is 0.400. The van der Waals surface area contributed by atoms with Crippen LogP contribution < -0.4 is 10.9 Å². The van der Waals surface area contributed by atoms with Gasteiger partial charge < -0.3 is 19.9 Å². The summed E-state index contributed by atoms with van der Waals surface area (Å²) >= 11 is 6.73. The highest BCUT2D eigenvalue weighted by Gasteiger charge is 2.24. The second-order valence-corrected chi connectivity index (χ2v) is 10.8. The van der Waals surface area contributed by atoms with Crippen LogP contribution in [0.25, 0.3) is 16.6 Å². The van der Waals surface area contributed by atoms with Crippen LogP contribution in [0.4, 0.5) is 0 Å². The molecule has 2 aromatic heterocycles. The standard InChI is InChI=1S/C26H24N4O4S2/c31-23-19-8-7-16(25(33)29-10-9-15-4-1-2-5-17(15)14-29)12-20(19)30-22(28-23)21(36-26(30)35)24(32)27-13-18-6-3-11-34-18/h1-2,4-5,7-8,12,18H,3,6,9-11,13-14H2,(H,27,32)(H,28,31). The molecule has 184 valence electrons. The van der Waals surface area contributed by atoms with E-state index in [1.807, 2.05) is 23.1 Å². The molecule has 4 heterocycles. The highest BCUT2D eigenvalue weighted by atomic mass is 32.1. The van der Waals surface area contributed by atoms with Gasteiger partial charge in [0, 0.05) is 31.8 Å². The van der Waals surface area contributed by atoms with Gasteiger partial charge in [-0.15, -0.1) is 0 Å². The Kier molecular flexibility index (Phi) is 5.94. The fraction of sp³-hybridized carbons (Fsp3) is 0.308. The summed E-state index contributed by atoms with van der Waals surface area (Å²) in [5.41, 5.74) is 3.40. The first-order valence-corrected chi connectivity index (χ1v) is 13.2. The number of amides is 2. The van der Waals surface area contributed by atoms with E-state index in [2.05, 4.69) is 16.4 Å². The van der Waals surface area contributed by atoms with Crippen molar-refractivity contribution in [1.82, 2.24) is 19.6 Å². The van der Waals surface area contributed by atoms with E-state index in [-0.39, 0.29) is 23.5 Å². The molecule has 0 radical (unpaired) electrons. The molecule has 8 nitrogen and oxygen atoms in total. The number of hydrogen-bond donors (Lipinski definition) is 2. The van der Waals surface area contributed by atoms with E-state index in [9.17, 15) is 14.4 Å². The summed E-state index contributed by atoms with van der Waals surface area (Å²) in [6.45, 7) is 2.29. The number of aromatic nitrogens is 2. The Labute approximate surface area is 215 Å².